The number of aliphatic imine (C=N–C) groups is 1. The Morgan fingerprint density at radius 1 is 1.33 bits per heavy atom. The minimum Gasteiger partial charge on any atom is -0.497 e. The van der Waals surface area contributed by atoms with Crippen molar-refractivity contribution in [2.75, 3.05) is 26.0 Å². The molecular weight excluding hydrogens is 360 g/mol. The number of hydrogen-bond acceptors (Lipinski definition) is 5. The van der Waals surface area contributed by atoms with Gasteiger partial charge in [-0.05, 0) is 56.7 Å². The molecule has 0 amide bonds. The van der Waals surface area contributed by atoms with Crippen molar-refractivity contribution in [3.63, 3.8) is 0 Å². The van der Waals surface area contributed by atoms with E-state index < -0.39 is 0 Å². The van der Waals surface area contributed by atoms with Gasteiger partial charge in [0.25, 0.3) is 0 Å². The van der Waals surface area contributed by atoms with Gasteiger partial charge in [0.1, 0.15) is 18.1 Å². The van der Waals surface area contributed by atoms with Gasteiger partial charge in [-0.3, -0.25) is 5.10 Å². The average molecular weight is 389 g/mol. The predicted molar refractivity (Wildman–Crippen MR) is 111 cm³/mol. The lowest BCUT2D eigenvalue weighted by molar-refractivity contribution is 0.415. The highest BCUT2D eigenvalue weighted by molar-refractivity contribution is 8.00. The number of thioether (sulfide) groups is 1. The number of aromatic amines is 1. The van der Waals surface area contributed by atoms with Gasteiger partial charge >= 0.3 is 0 Å². The van der Waals surface area contributed by atoms with E-state index in [0.717, 1.165) is 36.2 Å². The fraction of sp³-hybridized carbons (Fsp3) is 0.526. The second-order valence-electron chi connectivity index (χ2n) is 6.78. The van der Waals surface area contributed by atoms with Crippen LogP contribution >= 0.6 is 11.8 Å². The van der Waals surface area contributed by atoms with Crippen LogP contribution in [-0.2, 0) is 6.54 Å². The van der Waals surface area contributed by atoms with E-state index in [9.17, 15) is 0 Å². The summed E-state index contributed by atoms with van der Waals surface area (Å²) in [5.41, 5.74) is 0.943. The fourth-order valence-electron chi connectivity index (χ4n) is 2.98. The Morgan fingerprint density at radius 3 is 2.81 bits per heavy atom. The molecule has 0 saturated carbocycles. The number of H-pyrrole nitrogens is 1. The molecule has 1 atom stereocenters. The van der Waals surface area contributed by atoms with Crippen molar-refractivity contribution in [2.45, 2.75) is 38.0 Å². The first-order chi connectivity index (χ1) is 13.1. The van der Waals surface area contributed by atoms with Crippen LogP contribution in [0, 0.1) is 0 Å². The van der Waals surface area contributed by atoms with Crippen molar-refractivity contribution < 1.29 is 4.74 Å². The highest BCUT2D eigenvalue weighted by atomic mass is 32.2. The van der Waals surface area contributed by atoms with Gasteiger partial charge in [0.2, 0.25) is 0 Å². The number of aromatic nitrogens is 3. The molecule has 0 aliphatic carbocycles. The largest absolute Gasteiger partial charge is 0.497 e. The zero-order valence-corrected chi connectivity index (χ0v) is 17.0. The Bertz CT molecular complexity index is 752. The molecule has 1 aromatic heterocycles. The molecule has 1 aromatic carbocycles. The highest BCUT2D eigenvalue weighted by Gasteiger charge is 2.29. The quantitative estimate of drug-likeness (QED) is 0.499. The summed E-state index contributed by atoms with van der Waals surface area (Å²) >= 11 is 2.04. The van der Waals surface area contributed by atoms with Crippen molar-refractivity contribution in [3.05, 3.63) is 30.1 Å². The molecule has 1 fully saturated rings. The van der Waals surface area contributed by atoms with Gasteiger partial charge in [0, 0.05) is 23.4 Å². The van der Waals surface area contributed by atoms with Gasteiger partial charge in [0.15, 0.2) is 11.8 Å². The SMILES string of the molecule is CCNC(=NCc1nc(-c2ccc(OC)cc2)n[nH]1)NCC1(C)CCCS1. The molecule has 3 N–H and O–H groups in total. The van der Waals surface area contributed by atoms with E-state index in [1.165, 1.54) is 18.6 Å². The van der Waals surface area contributed by atoms with Gasteiger partial charge in [0.05, 0.1) is 7.11 Å². The number of guanidine groups is 1. The lowest BCUT2D eigenvalue weighted by atomic mass is 10.1. The smallest absolute Gasteiger partial charge is 0.191 e. The number of methoxy groups -OCH3 is 1. The van der Waals surface area contributed by atoms with Crippen molar-refractivity contribution >= 4 is 17.7 Å². The third-order valence-corrected chi connectivity index (χ3v) is 6.08. The van der Waals surface area contributed by atoms with Crippen LogP contribution in [0.1, 0.15) is 32.5 Å². The Kier molecular flexibility index (Phi) is 6.60. The standard InChI is InChI=1S/C19H28N6OS/c1-4-20-18(22-13-19(2)10-5-11-27-19)21-12-16-23-17(25-24-16)14-6-8-15(26-3)9-7-14/h6-9H,4-5,10-13H2,1-3H3,(H2,20,21,22)(H,23,24,25). The maximum Gasteiger partial charge on any atom is 0.191 e. The van der Waals surface area contributed by atoms with E-state index in [-0.39, 0.29) is 0 Å². The molecular formula is C19H28N6OS. The summed E-state index contributed by atoms with van der Waals surface area (Å²) in [7, 11) is 1.65. The third kappa shape index (κ3) is 5.38. The second kappa shape index (κ2) is 9.12. The lowest BCUT2D eigenvalue weighted by Gasteiger charge is -2.24. The molecule has 1 aliphatic rings. The zero-order chi connectivity index (χ0) is 19.1. The molecule has 0 spiro atoms. The first kappa shape index (κ1) is 19.5. The normalized spacial score (nSPS) is 19.9. The van der Waals surface area contributed by atoms with Gasteiger partial charge < -0.3 is 15.4 Å². The number of hydrogen-bond donors (Lipinski definition) is 3. The van der Waals surface area contributed by atoms with Crippen LogP contribution in [0.15, 0.2) is 29.3 Å². The molecule has 146 valence electrons. The molecule has 1 unspecified atom stereocenters. The summed E-state index contributed by atoms with van der Waals surface area (Å²) in [6.07, 6.45) is 2.54. The summed E-state index contributed by atoms with van der Waals surface area (Å²) in [5.74, 6) is 4.27. The average Bonchev–Trinajstić information content (AvgIpc) is 3.34. The van der Waals surface area contributed by atoms with Crippen LogP contribution in [0.4, 0.5) is 0 Å². The van der Waals surface area contributed by atoms with Gasteiger partial charge in [-0.25, -0.2) is 9.98 Å². The fourth-order valence-corrected chi connectivity index (χ4v) is 4.22. The van der Waals surface area contributed by atoms with Crippen molar-refractivity contribution in [2.24, 2.45) is 4.99 Å². The molecule has 3 rings (SSSR count). The third-order valence-electron chi connectivity index (χ3n) is 4.54. The molecule has 1 aliphatic heterocycles. The van der Waals surface area contributed by atoms with Crippen LogP contribution in [0.2, 0.25) is 0 Å². The number of rotatable bonds is 7. The summed E-state index contributed by atoms with van der Waals surface area (Å²) < 4.78 is 5.48. The van der Waals surface area contributed by atoms with Crippen LogP contribution < -0.4 is 15.4 Å². The van der Waals surface area contributed by atoms with E-state index in [2.05, 4.69) is 44.7 Å². The topological polar surface area (TPSA) is 87.2 Å². The van der Waals surface area contributed by atoms with Crippen LogP contribution in [0.25, 0.3) is 11.4 Å². The molecule has 0 bridgehead atoms. The number of nitrogens with zero attached hydrogens (tertiary/aromatic N) is 3. The van der Waals surface area contributed by atoms with Gasteiger partial charge in [-0.2, -0.15) is 16.9 Å². The summed E-state index contributed by atoms with van der Waals surface area (Å²) in [4.78, 5) is 9.19. The van der Waals surface area contributed by atoms with E-state index >= 15 is 0 Å². The minimum absolute atomic E-state index is 0.296. The molecule has 8 heteroatoms. The van der Waals surface area contributed by atoms with E-state index in [1.54, 1.807) is 7.11 Å². The Hall–Kier alpha value is -2.22. The predicted octanol–water partition coefficient (Wildman–Crippen LogP) is 2.82. The molecule has 2 aromatic rings. The number of ether oxygens (including phenoxy) is 1. The van der Waals surface area contributed by atoms with E-state index in [1.807, 2.05) is 36.0 Å². The molecule has 27 heavy (non-hydrogen) atoms. The first-order valence-corrected chi connectivity index (χ1v) is 10.3. The van der Waals surface area contributed by atoms with Crippen molar-refractivity contribution in [1.29, 1.82) is 0 Å². The minimum atomic E-state index is 0.296. The second-order valence-corrected chi connectivity index (χ2v) is 8.47. The van der Waals surface area contributed by atoms with Crippen molar-refractivity contribution in [1.82, 2.24) is 25.8 Å². The summed E-state index contributed by atoms with van der Waals surface area (Å²) in [6, 6.07) is 7.69. The summed E-state index contributed by atoms with van der Waals surface area (Å²) in [5, 5.41) is 14.0. The molecule has 1 saturated heterocycles. The van der Waals surface area contributed by atoms with Crippen LogP contribution in [-0.4, -0.2) is 51.8 Å². The highest BCUT2D eigenvalue weighted by Crippen LogP contribution is 2.36. The molecule has 2 heterocycles. The van der Waals surface area contributed by atoms with Crippen LogP contribution in [0.5, 0.6) is 5.75 Å². The maximum atomic E-state index is 5.18. The zero-order valence-electron chi connectivity index (χ0n) is 16.2. The van der Waals surface area contributed by atoms with Crippen molar-refractivity contribution in [3.8, 4) is 17.1 Å². The monoisotopic (exact) mass is 388 g/mol. The van der Waals surface area contributed by atoms with E-state index in [0.29, 0.717) is 17.1 Å². The lowest BCUT2D eigenvalue weighted by Crippen LogP contribution is -2.43. The Balaban J connectivity index is 1.61. The Labute approximate surface area is 164 Å². The van der Waals surface area contributed by atoms with Gasteiger partial charge in [-0.1, -0.05) is 0 Å². The number of nitrogens with one attached hydrogen (secondary N) is 3. The first-order valence-electron chi connectivity index (χ1n) is 9.34. The van der Waals surface area contributed by atoms with Crippen LogP contribution in [0.3, 0.4) is 0 Å². The molecule has 0 radical (unpaired) electrons. The number of benzene rings is 1. The van der Waals surface area contributed by atoms with E-state index in [4.69, 9.17) is 4.74 Å². The molecule has 7 nitrogen and oxygen atoms in total. The van der Waals surface area contributed by atoms with Gasteiger partial charge in [-0.15, -0.1) is 0 Å². The maximum absolute atomic E-state index is 5.18. The summed E-state index contributed by atoms with van der Waals surface area (Å²) in [6.45, 7) is 6.57. The Morgan fingerprint density at radius 2 is 2.15 bits per heavy atom.